The Hall–Kier alpha value is 0.360. The summed E-state index contributed by atoms with van der Waals surface area (Å²) in [6.45, 7) is 2.35. The average Bonchev–Trinajstić information content (AvgIpc) is 2.46. The Morgan fingerprint density at radius 1 is 1.67 bits per heavy atom. The van der Waals surface area contributed by atoms with Crippen LogP contribution < -0.4 is 0 Å². The van der Waals surface area contributed by atoms with Crippen molar-refractivity contribution in [1.82, 2.24) is 3.97 Å². The van der Waals surface area contributed by atoms with Crippen molar-refractivity contribution in [3.8, 4) is 0 Å². The number of hydrogen-bond acceptors (Lipinski definition) is 1. The number of aromatic nitrogens is 1. The Balaban J connectivity index is 2.34. The molecule has 0 spiro atoms. The molecule has 2 rings (SSSR count). The second-order valence-electron chi connectivity index (χ2n) is 3.53. The van der Waals surface area contributed by atoms with Crippen LogP contribution in [0.3, 0.4) is 0 Å². The molecule has 1 aromatic heterocycles. The van der Waals surface area contributed by atoms with Gasteiger partial charge in [0.25, 0.3) is 0 Å². The lowest BCUT2D eigenvalue weighted by Gasteiger charge is -2.19. The van der Waals surface area contributed by atoms with E-state index in [1.165, 1.54) is 19.3 Å². The molecule has 0 radical (unpaired) electrons. The molecule has 0 fully saturated rings. The topological polar surface area (TPSA) is 4.93 Å². The molecule has 1 nitrogen and oxygen atoms in total. The molecule has 1 aliphatic rings. The highest BCUT2D eigenvalue weighted by atomic mass is 127. The maximum absolute atomic E-state index is 2.35. The van der Waals surface area contributed by atoms with Crippen molar-refractivity contribution in [1.29, 1.82) is 0 Å². The first-order valence-corrected chi connectivity index (χ1v) is 7.61. The van der Waals surface area contributed by atoms with Crippen LogP contribution in [0.1, 0.15) is 24.6 Å². The van der Waals surface area contributed by atoms with Crippen molar-refractivity contribution in [2.45, 2.75) is 26.2 Å². The van der Waals surface area contributed by atoms with Gasteiger partial charge in [-0.3, -0.25) is 3.97 Å². The molecule has 3 heteroatoms. The first-order valence-electron chi connectivity index (χ1n) is 4.29. The zero-order valence-corrected chi connectivity index (χ0v) is 10.1. The molecule has 0 saturated heterocycles. The van der Waals surface area contributed by atoms with Crippen LogP contribution in [-0.2, 0) is 12.8 Å². The summed E-state index contributed by atoms with van der Waals surface area (Å²) in [4.78, 5) is 0. The van der Waals surface area contributed by atoms with E-state index >= 15 is 0 Å². The Morgan fingerprint density at radius 3 is 3.25 bits per heavy atom. The third-order valence-electron chi connectivity index (χ3n) is 2.57. The van der Waals surface area contributed by atoms with Crippen LogP contribution in [0.15, 0.2) is 12.3 Å². The fourth-order valence-corrected chi connectivity index (χ4v) is 3.32. The number of nitrogens with zero attached hydrogens (tertiary/aromatic N) is 1. The SMILES string of the molecule is CC1CCc2ccn(SI)c2C1. The molecule has 0 saturated carbocycles. The molecule has 1 aromatic rings. The van der Waals surface area contributed by atoms with Gasteiger partial charge in [0.15, 0.2) is 0 Å². The molecule has 0 N–H and O–H groups in total. The van der Waals surface area contributed by atoms with Crippen LogP contribution in [0.5, 0.6) is 0 Å². The summed E-state index contributed by atoms with van der Waals surface area (Å²) in [5.41, 5.74) is 3.12. The predicted octanol–water partition coefficient (Wildman–Crippen LogP) is 3.46. The lowest BCUT2D eigenvalue weighted by atomic mass is 9.90. The van der Waals surface area contributed by atoms with Crippen LogP contribution in [0.25, 0.3) is 0 Å². The lowest BCUT2D eigenvalue weighted by Crippen LogP contribution is -2.11. The summed E-state index contributed by atoms with van der Waals surface area (Å²) < 4.78 is 2.30. The molecule has 0 aromatic carbocycles. The monoisotopic (exact) mass is 293 g/mol. The van der Waals surface area contributed by atoms with Gasteiger partial charge in [0, 0.05) is 42.2 Å². The molecular formula is C9H12INS. The van der Waals surface area contributed by atoms with E-state index in [0.717, 1.165) is 5.92 Å². The van der Waals surface area contributed by atoms with E-state index in [-0.39, 0.29) is 0 Å². The minimum absolute atomic E-state index is 0.870. The summed E-state index contributed by atoms with van der Waals surface area (Å²) >= 11 is 2.34. The standard InChI is InChI=1S/C9H12INS/c1-7-2-3-8-4-5-11(12-10)9(8)6-7/h4-5,7H,2-3,6H2,1H3. The fourth-order valence-electron chi connectivity index (χ4n) is 1.83. The smallest absolute Gasteiger partial charge is 0.0334 e. The van der Waals surface area contributed by atoms with Crippen molar-refractivity contribution < 1.29 is 0 Å². The number of rotatable bonds is 1. The first kappa shape index (κ1) is 8.94. The molecule has 0 aliphatic heterocycles. The van der Waals surface area contributed by atoms with E-state index in [0.29, 0.717) is 0 Å². The number of halogens is 1. The zero-order chi connectivity index (χ0) is 8.55. The second-order valence-corrected chi connectivity index (χ2v) is 5.24. The molecule has 1 aliphatic carbocycles. The Bertz CT molecular complexity index is 269. The highest BCUT2D eigenvalue weighted by molar-refractivity contribution is 14.2. The van der Waals surface area contributed by atoms with Gasteiger partial charge in [0.05, 0.1) is 0 Å². The van der Waals surface area contributed by atoms with Gasteiger partial charge in [0.2, 0.25) is 0 Å². The van der Waals surface area contributed by atoms with Crippen LogP contribution in [0.2, 0.25) is 0 Å². The lowest BCUT2D eigenvalue weighted by molar-refractivity contribution is 0.494. The van der Waals surface area contributed by atoms with E-state index in [9.17, 15) is 0 Å². The van der Waals surface area contributed by atoms with E-state index < -0.39 is 0 Å². The van der Waals surface area contributed by atoms with Gasteiger partial charge < -0.3 is 0 Å². The van der Waals surface area contributed by atoms with Crippen LogP contribution >= 0.6 is 30.3 Å². The van der Waals surface area contributed by atoms with Gasteiger partial charge in [-0.1, -0.05) is 6.92 Å². The second kappa shape index (κ2) is 3.62. The van der Waals surface area contributed by atoms with Crippen molar-refractivity contribution in [2.24, 2.45) is 5.92 Å². The first-order chi connectivity index (χ1) is 5.81. The van der Waals surface area contributed by atoms with Crippen LogP contribution in [0, 0.1) is 5.92 Å². The summed E-state index contributed by atoms with van der Waals surface area (Å²) in [7, 11) is 1.78. The van der Waals surface area contributed by atoms with Gasteiger partial charge in [-0.15, -0.1) is 0 Å². The number of hydrogen-bond donors (Lipinski definition) is 0. The minimum atomic E-state index is 0.870. The number of aryl methyl sites for hydroxylation is 1. The van der Waals surface area contributed by atoms with E-state index in [4.69, 9.17) is 0 Å². The molecular weight excluding hydrogens is 281 g/mol. The van der Waals surface area contributed by atoms with Crippen molar-refractivity contribution >= 4 is 30.3 Å². The zero-order valence-electron chi connectivity index (χ0n) is 7.09. The molecule has 66 valence electrons. The summed E-state index contributed by atoms with van der Waals surface area (Å²) in [5, 5.41) is 0. The molecule has 1 heterocycles. The Labute approximate surface area is 89.6 Å². The van der Waals surface area contributed by atoms with Crippen LogP contribution in [-0.4, -0.2) is 3.97 Å². The van der Waals surface area contributed by atoms with Gasteiger partial charge >= 0.3 is 0 Å². The van der Waals surface area contributed by atoms with Crippen molar-refractivity contribution in [3.63, 3.8) is 0 Å². The molecule has 1 atom stereocenters. The van der Waals surface area contributed by atoms with E-state index in [2.05, 4.69) is 44.4 Å². The van der Waals surface area contributed by atoms with Crippen LogP contribution in [0.4, 0.5) is 0 Å². The minimum Gasteiger partial charge on any atom is -0.287 e. The maximum Gasteiger partial charge on any atom is 0.0334 e. The summed E-state index contributed by atoms with van der Waals surface area (Å²) in [5.74, 6) is 0.870. The molecule has 1 unspecified atom stereocenters. The summed E-state index contributed by atoms with van der Waals surface area (Å²) in [6, 6.07) is 2.27. The van der Waals surface area contributed by atoms with E-state index in [1.54, 1.807) is 20.4 Å². The Morgan fingerprint density at radius 2 is 2.50 bits per heavy atom. The Kier molecular flexibility index (Phi) is 2.69. The van der Waals surface area contributed by atoms with Crippen molar-refractivity contribution in [3.05, 3.63) is 23.5 Å². The predicted molar refractivity (Wildman–Crippen MR) is 62.6 cm³/mol. The fraction of sp³-hybridized carbons (Fsp3) is 0.556. The van der Waals surface area contributed by atoms with Gasteiger partial charge in [-0.25, -0.2) is 0 Å². The average molecular weight is 293 g/mol. The molecule has 0 bridgehead atoms. The third-order valence-corrected chi connectivity index (χ3v) is 4.33. The van der Waals surface area contributed by atoms with Gasteiger partial charge in [-0.2, -0.15) is 0 Å². The quantitative estimate of drug-likeness (QED) is 0.718. The number of fused-ring (bicyclic) bond motifs is 1. The molecule has 0 amide bonds. The third kappa shape index (κ3) is 1.53. The normalized spacial score (nSPS) is 22.3. The highest BCUT2D eigenvalue weighted by Gasteiger charge is 2.18. The molecule has 12 heavy (non-hydrogen) atoms. The summed E-state index contributed by atoms with van der Waals surface area (Å²) in [6.07, 6.45) is 6.10. The maximum atomic E-state index is 2.35. The largest absolute Gasteiger partial charge is 0.287 e. The van der Waals surface area contributed by atoms with E-state index in [1.807, 2.05) is 0 Å². The van der Waals surface area contributed by atoms with Gasteiger partial charge in [-0.05, 0) is 36.8 Å². The van der Waals surface area contributed by atoms with Gasteiger partial charge in [0.1, 0.15) is 0 Å². The van der Waals surface area contributed by atoms with Crippen molar-refractivity contribution in [2.75, 3.05) is 0 Å². The highest BCUT2D eigenvalue weighted by Crippen LogP contribution is 2.30.